The zero-order chi connectivity index (χ0) is 26.8. The van der Waals surface area contributed by atoms with Gasteiger partial charge in [-0.2, -0.15) is 17.6 Å². The number of carbonyl (C=O) groups is 1. The maximum Gasteiger partial charge on any atom is 0.417 e. The molecule has 37 heavy (non-hydrogen) atoms. The van der Waals surface area contributed by atoms with Crippen molar-refractivity contribution in [3.63, 3.8) is 0 Å². The van der Waals surface area contributed by atoms with Crippen molar-refractivity contribution >= 4 is 17.5 Å². The molecule has 202 valence electrons. The SMILES string of the molecule is CC(C)(C(N)=O)N1CCC(CNc2ncnc(N3CCOC[C@@H]3c3ccc(C(F)(F)F)cn3)c2F)CC1. The van der Waals surface area contributed by atoms with Crippen molar-refractivity contribution in [3.8, 4) is 0 Å². The van der Waals surface area contributed by atoms with Crippen molar-refractivity contribution < 1.29 is 27.1 Å². The number of likely N-dealkylation sites (tertiary alicyclic amines) is 1. The Labute approximate surface area is 212 Å². The number of anilines is 2. The fourth-order valence-corrected chi connectivity index (χ4v) is 4.65. The quantitative estimate of drug-likeness (QED) is 0.531. The standard InChI is InChI=1S/C24H31F4N7O2/c1-23(2,22(29)36)34-7-5-15(6-8-34)11-31-20-19(25)21(33-14-32-20)35-9-10-37-13-18(35)17-4-3-16(12-30-17)24(26,27)28/h3-4,12,14-15,18H,5-11,13H2,1-2H3,(H2,29,36)(H,31,32,33)/t18-/m1/s1. The summed E-state index contributed by atoms with van der Waals surface area (Å²) in [6.07, 6.45) is -0.849. The van der Waals surface area contributed by atoms with E-state index in [9.17, 15) is 18.0 Å². The molecule has 2 aliphatic rings. The molecule has 0 spiro atoms. The Morgan fingerprint density at radius 1 is 1.16 bits per heavy atom. The summed E-state index contributed by atoms with van der Waals surface area (Å²) in [5, 5.41) is 3.08. The molecule has 2 aliphatic heterocycles. The molecule has 1 amide bonds. The maximum atomic E-state index is 15.5. The van der Waals surface area contributed by atoms with Crippen molar-refractivity contribution in [3.05, 3.63) is 41.7 Å². The Morgan fingerprint density at radius 3 is 2.51 bits per heavy atom. The largest absolute Gasteiger partial charge is 0.417 e. The molecule has 1 atom stereocenters. The first-order valence-electron chi connectivity index (χ1n) is 12.2. The minimum absolute atomic E-state index is 0.0329. The third-order valence-corrected chi connectivity index (χ3v) is 7.19. The minimum atomic E-state index is -4.50. The fourth-order valence-electron chi connectivity index (χ4n) is 4.65. The van der Waals surface area contributed by atoms with Crippen molar-refractivity contribution in [2.75, 3.05) is 49.6 Å². The van der Waals surface area contributed by atoms with Gasteiger partial charge < -0.3 is 20.7 Å². The normalized spacial score (nSPS) is 20.2. The van der Waals surface area contributed by atoms with Crippen LogP contribution in [0.2, 0.25) is 0 Å². The van der Waals surface area contributed by atoms with E-state index in [1.807, 2.05) is 13.8 Å². The third kappa shape index (κ3) is 5.93. The second kappa shape index (κ2) is 10.7. The zero-order valence-electron chi connectivity index (χ0n) is 20.8. The van der Waals surface area contributed by atoms with E-state index in [1.54, 1.807) is 4.90 Å². The van der Waals surface area contributed by atoms with Crippen LogP contribution < -0.4 is 16.0 Å². The molecule has 4 heterocycles. The van der Waals surface area contributed by atoms with E-state index in [4.69, 9.17) is 10.5 Å². The van der Waals surface area contributed by atoms with Gasteiger partial charge in [0.05, 0.1) is 36.1 Å². The Bertz CT molecular complexity index is 1090. The summed E-state index contributed by atoms with van der Waals surface area (Å²) in [5.41, 5.74) is 4.27. The van der Waals surface area contributed by atoms with E-state index in [1.165, 1.54) is 12.4 Å². The average molecular weight is 526 g/mol. The van der Waals surface area contributed by atoms with E-state index in [-0.39, 0.29) is 36.6 Å². The number of amides is 1. The number of hydrogen-bond donors (Lipinski definition) is 2. The van der Waals surface area contributed by atoms with Gasteiger partial charge in [-0.05, 0) is 57.8 Å². The number of carbonyl (C=O) groups excluding carboxylic acids is 1. The summed E-state index contributed by atoms with van der Waals surface area (Å²) in [6.45, 7) is 6.24. The Hall–Kier alpha value is -3.06. The summed E-state index contributed by atoms with van der Waals surface area (Å²) in [5.74, 6) is -0.674. The molecular weight excluding hydrogens is 494 g/mol. The van der Waals surface area contributed by atoms with E-state index in [0.717, 1.165) is 25.1 Å². The topological polar surface area (TPSA) is 110 Å². The van der Waals surface area contributed by atoms with E-state index >= 15 is 4.39 Å². The Morgan fingerprint density at radius 2 is 1.89 bits per heavy atom. The second-order valence-corrected chi connectivity index (χ2v) is 9.85. The van der Waals surface area contributed by atoms with E-state index in [0.29, 0.717) is 31.9 Å². The molecule has 2 saturated heterocycles. The summed E-state index contributed by atoms with van der Waals surface area (Å²) in [4.78, 5) is 27.6. The minimum Gasteiger partial charge on any atom is -0.377 e. The zero-order valence-corrected chi connectivity index (χ0v) is 20.8. The van der Waals surface area contributed by atoms with Crippen LogP contribution in [0.1, 0.15) is 44.0 Å². The molecular formula is C24H31F4N7O2. The molecule has 0 unspecified atom stereocenters. The molecule has 2 aromatic heterocycles. The van der Waals surface area contributed by atoms with Gasteiger partial charge in [-0.3, -0.25) is 14.7 Å². The first-order valence-corrected chi connectivity index (χ1v) is 12.2. The van der Waals surface area contributed by atoms with Crippen LogP contribution in [-0.2, 0) is 15.7 Å². The molecule has 9 nitrogen and oxygen atoms in total. The lowest BCUT2D eigenvalue weighted by atomic mass is 9.92. The number of aromatic nitrogens is 3. The second-order valence-electron chi connectivity index (χ2n) is 9.85. The van der Waals surface area contributed by atoms with Crippen molar-refractivity contribution in [2.45, 2.75) is 44.4 Å². The molecule has 0 aliphatic carbocycles. The van der Waals surface area contributed by atoms with Crippen LogP contribution in [-0.4, -0.2) is 70.7 Å². The van der Waals surface area contributed by atoms with Crippen LogP contribution in [0, 0.1) is 11.7 Å². The lowest BCUT2D eigenvalue weighted by Crippen LogP contribution is -2.56. The summed E-state index contributed by atoms with van der Waals surface area (Å²) in [6, 6.07) is 1.62. The number of nitrogens with zero attached hydrogens (tertiary/aromatic N) is 5. The fraction of sp³-hybridized carbons (Fsp3) is 0.583. The Kier molecular flexibility index (Phi) is 7.83. The molecule has 4 rings (SSSR count). The monoisotopic (exact) mass is 525 g/mol. The smallest absolute Gasteiger partial charge is 0.377 e. The lowest BCUT2D eigenvalue weighted by molar-refractivity contribution is -0.137. The van der Waals surface area contributed by atoms with Gasteiger partial charge in [0, 0.05) is 19.3 Å². The third-order valence-electron chi connectivity index (χ3n) is 7.19. The van der Waals surface area contributed by atoms with Gasteiger partial charge in [0.1, 0.15) is 6.33 Å². The van der Waals surface area contributed by atoms with Gasteiger partial charge in [-0.15, -0.1) is 0 Å². The molecule has 0 radical (unpaired) electrons. The highest BCUT2D eigenvalue weighted by atomic mass is 19.4. The first kappa shape index (κ1) is 27.0. The number of hydrogen-bond acceptors (Lipinski definition) is 8. The number of halogens is 4. The predicted octanol–water partition coefficient (Wildman–Crippen LogP) is 3.00. The predicted molar refractivity (Wildman–Crippen MR) is 128 cm³/mol. The molecule has 13 heteroatoms. The van der Waals surface area contributed by atoms with Gasteiger partial charge in [0.25, 0.3) is 0 Å². The summed E-state index contributed by atoms with van der Waals surface area (Å²) >= 11 is 0. The van der Waals surface area contributed by atoms with Crippen LogP contribution in [0.5, 0.6) is 0 Å². The highest BCUT2D eigenvalue weighted by molar-refractivity contribution is 5.83. The summed E-state index contributed by atoms with van der Waals surface area (Å²) < 4.78 is 59.9. The molecule has 0 aromatic carbocycles. The number of nitrogens with two attached hydrogens (primary N) is 1. The van der Waals surface area contributed by atoms with Gasteiger partial charge in [-0.1, -0.05) is 0 Å². The Balaban J connectivity index is 1.44. The van der Waals surface area contributed by atoms with Crippen LogP contribution in [0.4, 0.5) is 29.2 Å². The van der Waals surface area contributed by atoms with Crippen LogP contribution in [0.3, 0.4) is 0 Å². The van der Waals surface area contributed by atoms with Gasteiger partial charge >= 0.3 is 6.18 Å². The van der Waals surface area contributed by atoms with Crippen molar-refractivity contribution in [2.24, 2.45) is 11.7 Å². The lowest BCUT2D eigenvalue weighted by Gasteiger charge is -2.41. The molecule has 2 aromatic rings. The van der Waals surface area contributed by atoms with Gasteiger partial charge in [0.15, 0.2) is 11.6 Å². The number of rotatable bonds is 7. The molecule has 2 fully saturated rings. The highest BCUT2D eigenvalue weighted by Crippen LogP contribution is 2.33. The number of nitrogens with one attached hydrogen (secondary N) is 1. The van der Waals surface area contributed by atoms with E-state index < -0.39 is 29.1 Å². The van der Waals surface area contributed by atoms with Crippen molar-refractivity contribution in [1.82, 2.24) is 19.9 Å². The molecule has 0 saturated carbocycles. The number of primary amides is 1. The van der Waals surface area contributed by atoms with Crippen LogP contribution >= 0.6 is 0 Å². The van der Waals surface area contributed by atoms with Gasteiger partial charge in [-0.25, -0.2) is 9.97 Å². The number of morpholine rings is 1. The number of ether oxygens (including phenoxy) is 1. The number of pyridine rings is 1. The summed E-state index contributed by atoms with van der Waals surface area (Å²) in [7, 11) is 0. The number of alkyl halides is 3. The van der Waals surface area contributed by atoms with E-state index in [2.05, 4.69) is 25.2 Å². The van der Waals surface area contributed by atoms with Crippen molar-refractivity contribution in [1.29, 1.82) is 0 Å². The molecule has 3 N–H and O–H groups in total. The van der Waals surface area contributed by atoms with Crippen LogP contribution in [0.15, 0.2) is 24.7 Å². The first-order chi connectivity index (χ1) is 17.5. The average Bonchev–Trinajstić information content (AvgIpc) is 2.88. The maximum absolute atomic E-state index is 15.5. The van der Waals surface area contributed by atoms with Crippen LogP contribution in [0.25, 0.3) is 0 Å². The van der Waals surface area contributed by atoms with Gasteiger partial charge in [0.2, 0.25) is 11.7 Å². The highest BCUT2D eigenvalue weighted by Gasteiger charge is 2.36. The molecule has 0 bridgehead atoms. The number of piperidine rings is 1.